The summed E-state index contributed by atoms with van der Waals surface area (Å²) >= 11 is 0. The number of H-pyrrole nitrogens is 1. The smallest absolute Gasteiger partial charge is 0.0847 e. The molecule has 4 heteroatoms. The molecular weight excluding hydrogens is 118 g/mol. The SMILES string of the molecule is NCc1cc(CO)[nH]n1. The van der Waals surface area contributed by atoms with Gasteiger partial charge in [-0.25, -0.2) is 0 Å². The van der Waals surface area contributed by atoms with E-state index in [0.717, 1.165) is 5.69 Å². The number of hydrogen-bond acceptors (Lipinski definition) is 3. The second-order valence-electron chi connectivity index (χ2n) is 1.75. The average Bonchev–Trinajstić information content (AvgIpc) is 2.34. The summed E-state index contributed by atoms with van der Waals surface area (Å²) in [5.74, 6) is 0. The molecule has 0 fully saturated rings. The first-order valence-electron chi connectivity index (χ1n) is 2.71. The Labute approximate surface area is 52.7 Å². The maximum absolute atomic E-state index is 8.53. The van der Waals surface area contributed by atoms with Crippen molar-refractivity contribution in [1.29, 1.82) is 0 Å². The molecule has 0 saturated heterocycles. The highest BCUT2D eigenvalue weighted by Crippen LogP contribution is 1.96. The van der Waals surface area contributed by atoms with Crippen LogP contribution >= 0.6 is 0 Å². The summed E-state index contributed by atoms with van der Waals surface area (Å²) in [6.07, 6.45) is 0. The lowest BCUT2D eigenvalue weighted by Crippen LogP contribution is -1.95. The summed E-state index contributed by atoms with van der Waals surface area (Å²) in [5.41, 5.74) is 6.73. The summed E-state index contributed by atoms with van der Waals surface area (Å²) in [4.78, 5) is 0. The Morgan fingerprint density at radius 2 is 2.56 bits per heavy atom. The molecular formula is C5H9N3O. The standard InChI is InChI=1S/C5H9N3O/c6-2-4-1-5(3-9)8-7-4/h1,9H,2-3,6H2,(H,7,8). The number of nitrogens with one attached hydrogen (secondary N) is 1. The van der Waals surface area contributed by atoms with Crippen molar-refractivity contribution in [2.45, 2.75) is 13.2 Å². The highest BCUT2D eigenvalue weighted by molar-refractivity contribution is 5.06. The number of aliphatic hydroxyl groups excluding tert-OH is 1. The molecule has 0 amide bonds. The van der Waals surface area contributed by atoms with Crippen molar-refractivity contribution in [3.63, 3.8) is 0 Å². The van der Waals surface area contributed by atoms with Crippen LogP contribution in [0, 0.1) is 0 Å². The maximum Gasteiger partial charge on any atom is 0.0847 e. The molecule has 50 valence electrons. The minimum atomic E-state index is -0.00694. The van der Waals surface area contributed by atoms with Crippen molar-refractivity contribution in [1.82, 2.24) is 10.2 Å². The molecule has 0 aliphatic rings. The Kier molecular flexibility index (Phi) is 1.81. The topological polar surface area (TPSA) is 74.9 Å². The van der Waals surface area contributed by atoms with E-state index in [4.69, 9.17) is 10.8 Å². The predicted molar refractivity (Wildman–Crippen MR) is 32.4 cm³/mol. The second-order valence-corrected chi connectivity index (χ2v) is 1.75. The fourth-order valence-corrected chi connectivity index (χ4v) is 0.595. The van der Waals surface area contributed by atoms with Crippen LogP contribution in [0.2, 0.25) is 0 Å². The van der Waals surface area contributed by atoms with Gasteiger partial charge in [-0.2, -0.15) is 5.10 Å². The number of aliphatic hydroxyl groups is 1. The minimum Gasteiger partial charge on any atom is -0.390 e. The lowest BCUT2D eigenvalue weighted by molar-refractivity contribution is 0.276. The van der Waals surface area contributed by atoms with Gasteiger partial charge in [0.2, 0.25) is 0 Å². The molecule has 0 saturated carbocycles. The van der Waals surface area contributed by atoms with E-state index in [9.17, 15) is 0 Å². The van der Waals surface area contributed by atoms with Crippen LogP contribution in [0.5, 0.6) is 0 Å². The lowest BCUT2D eigenvalue weighted by Gasteiger charge is -1.81. The third-order valence-electron chi connectivity index (χ3n) is 1.06. The molecule has 1 rings (SSSR count). The molecule has 0 aromatic carbocycles. The highest BCUT2D eigenvalue weighted by atomic mass is 16.3. The highest BCUT2D eigenvalue weighted by Gasteiger charge is 1.94. The van der Waals surface area contributed by atoms with Gasteiger partial charge in [0.1, 0.15) is 0 Å². The van der Waals surface area contributed by atoms with Crippen LogP contribution in [0.4, 0.5) is 0 Å². The van der Waals surface area contributed by atoms with Crippen LogP contribution in [0.15, 0.2) is 6.07 Å². The summed E-state index contributed by atoms with van der Waals surface area (Å²) < 4.78 is 0. The van der Waals surface area contributed by atoms with Gasteiger partial charge in [-0.15, -0.1) is 0 Å². The molecule has 0 unspecified atom stereocenters. The summed E-state index contributed by atoms with van der Waals surface area (Å²) in [5, 5.41) is 15.0. The number of rotatable bonds is 2. The molecule has 0 atom stereocenters. The quantitative estimate of drug-likeness (QED) is 0.494. The first-order valence-corrected chi connectivity index (χ1v) is 2.71. The molecule has 9 heavy (non-hydrogen) atoms. The van der Waals surface area contributed by atoms with E-state index < -0.39 is 0 Å². The molecule has 4 nitrogen and oxygen atoms in total. The molecule has 1 aromatic heterocycles. The third kappa shape index (κ3) is 1.28. The molecule has 1 heterocycles. The van der Waals surface area contributed by atoms with Crippen LogP contribution < -0.4 is 5.73 Å². The third-order valence-corrected chi connectivity index (χ3v) is 1.06. The van der Waals surface area contributed by atoms with Crippen molar-refractivity contribution in [2.75, 3.05) is 0 Å². The lowest BCUT2D eigenvalue weighted by atomic mass is 10.4. The van der Waals surface area contributed by atoms with Gasteiger partial charge in [0.15, 0.2) is 0 Å². The van der Waals surface area contributed by atoms with Gasteiger partial charge in [-0.3, -0.25) is 5.10 Å². The Morgan fingerprint density at radius 3 is 2.89 bits per heavy atom. The van der Waals surface area contributed by atoms with Crippen molar-refractivity contribution in [3.05, 3.63) is 17.5 Å². The zero-order valence-corrected chi connectivity index (χ0v) is 4.96. The van der Waals surface area contributed by atoms with Gasteiger partial charge < -0.3 is 10.8 Å². The predicted octanol–water partition coefficient (Wildman–Crippen LogP) is -0.639. The van der Waals surface area contributed by atoms with E-state index in [-0.39, 0.29) is 6.61 Å². The number of nitrogens with two attached hydrogens (primary N) is 1. The first kappa shape index (κ1) is 6.25. The van der Waals surface area contributed by atoms with Crippen molar-refractivity contribution in [2.24, 2.45) is 5.73 Å². The van der Waals surface area contributed by atoms with Gasteiger partial charge in [-0.05, 0) is 6.07 Å². The molecule has 0 aliphatic heterocycles. The fraction of sp³-hybridized carbons (Fsp3) is 0.400. The molecule has 0 bridgehead atoms. The second kappa shape index (κ2) is 2.61. The minimum absolute atomic E-state index is 0.00694. The van der Waals surface area contributed by atoms with Gasteiger partial charge >= 0.3 is 0 Å². The fourth-order valence-electron chi connectivity index (χ4n) is 0.595. The number of hydrogen-bond donors (Lipinski definition) is 3. The maximum atomic E-state index is 8.53. The van der Waals surface area contributed by atoms with Crippen molar-refractivity contribution < 1.29 is 5.11 Å². The van der Waals surface area contributed by atoms with Gasteiger partial charge in [0.05, 0.1) is 18.0 Å². The van der Waals surface area contributed by atoms with E-state index in [1.54, 1.807) is 6.07 Å². The molecule has 0 radical (unpaired) electrons. The zero-order chi connectivity index (χ0) is 6.69. The van der Waals surface area contributed by atoms with E-state index in [0.29, 0.717) is 12.2 Å². The van der Waals surface area contributed by atoms with Crippen molar-refractivity contribution >= 4 is 0 Å². The van der Waals surface area contributed by atoms with Crippen LogP contribution in [-0.4, -0.2) is 15.3 Å². The summed E-state index contributed by atoms with van der Waals surface area (Å²) in [6, 6.07) is 1.74. The summed E-state index contributed by atoms with van der Waals surface area (Å²) in [6.45, 7) is 0.406. The van der Waals surface area contributed by atoms with E-state index in [1.807, 2.05) is 0 Å². The first-order chi connectivity index (χ1) is 4.36. The Morgan fingerprint density at radius 1 is 1.78 bits per heavy atom. The van der Waals surface area contributed by atoms with Crippen LogP contribution in [-0.2, 0) is 13.2 Å². The van der Waals surface area contributed by atoms with E-state index in [1.165, 1.54) is 0 Å². The number of aromatic nitrogens is 2. The zero-order valence-electron chi connectivity index (χ0n) is 4.96. The molecule has 1 aromatic rings. The largest absolute Gasteiger partial charge is 0.390 e. The number of nitrogens with zero attached hydrogens (tertiary/aromatic N) is 1. The molecule has 4 N–H and O–H groups in total. The Bertz CT molecular complexity index is 166. The van der Waals surface area contributed by atoms with E-state index in [2.05, 4.69) is 10.2 Å². The normalized spacial score (nSPS) is 10.0. The average molecular weight is 127 g/mol. The monoisotopic (exact) mass is 127 g/mol. The van der Waals surface area contributed by atoms with E-state index >= 15 is 0 Å². The molecule has 0 aliphatic carbocycles. The van der Waals surface area contributed by atoms with Crippen LogP contribution in [0.25, 0.3) is 0 Å². The number of aromatic amines is 1. The van der Waals surface area contributed by atoms with Crippen molar-refractivity contribution in [3.8, 4) is 0 Å². The van der Waals surface area contributed by atoms with Crippen LogP contribution in [0.3, 0.4) is 0 Å². The Hall–Kier alpha value is -0.870. The van der Waals surface area contributed by atoms with Gasteiger partial charge in [0.25, 0.3) is 0 Å². The Balaban J connectivity index is 2.74. The summed E-state index contributed by atoms with van der Waals surface area (Å²) in [7, 11) is 0. The van der Waals surface area contributed by atoms with Crippen LogP contribution in [0.1, 0.15) is 11.4 Å². The van der Waals surface area contributed by atoms with Gasteiger partial charge in [0, 0.05) is 6.54 Å². The van der Waals surface area contributed by atoms with Gasteiger partial charge in [-0.1, -0.05) is 0 Å². The molecule has 0 spiro atoms.